The summed E-state index contributed by atoms with van der Waals surface area (Å²) in [4.78, 5) is 11.3. The van der Waals surface area contributed by atoms with Gasteiger partial charge in [0.1, 0.15) is 0 Å². The van der Waals surface area contributed by atoms with Crippen LogP contribution in [0.25, 0.3) is 0 Å². The predicted octanol–water partition coefficient (Wildman–Crippen LogP) is 3.99. The fourth-order valence-corrected chi connectivity index (χ4v) is 6.04. The second kappa shape index (κ2) is 3.83. The molecule has 0 spiro atoms. The Morgan fingerprint density at radius 2 is 1.67 bits per heavy atom. The minimum atomic E-state index is -0.736. The molecule has 96 valence electrons. The molecule has 4 bridgehead atoms. The number of carbonyl (C=O) groups is 1. The van der Waals surface area contributed by atoms with Crippen molar-refractivity contribution >= 4 is 17.3 Å². The van der Waals surface area contributed by atoms with Gasteiger partial charge in [0.05, 0.1) is 5.56 Å². The third kappa shape index (κ3) is 1.49. The van der Waals surface area contributed by atoms with Crippen LogP contribution in [-0.4, -0.2) is 11.1 Å². The van der Waals surface area contributed by atoms with Gasteiger partial charge in [0.2, 0.25) is 0 Å². The van der Waals surface area contributed by atoms with E-state index in [-0.39, 0.29) is 0 Å². The van der Waals surface area contributed by atoms with Gasteiger partial charge in [-0.15, -0.1) is 0 Å². The number of carboxylic acids is 1. The topological polar surface area (TPSA) is 37.3 Å². The van der Waals surface area contributed by atoms with Gasteiger partial charge < -0.3 is 5.11 Å². The summed E-state index contributed by atoms with van der Waals surface area (Å²) in [5.41, 5.74) is 1.73. The predicted molar refractivity (Wildman–Crippen MR) is 71.1 cm³/mol. The molecular weight excluding hydrogens is 244 g/mol. The summed E-state index contributed by atoms with van der Waals surface area (Å²) < 4.78 is 0. The van der Waals surface area contributed by atoms with Crippen molar-refractivity contribution in [2.24, 2.45) is 23.7 Å². The van der Waals surface area contributed by atoms with E-state index in [4.69, 9.17) is 0 Å². The highest BCUT2D eigenvalue weighted by molar-refractivity contribution is 7.08. The van der Waals surface area contributed by atoms with Crippen molar-refractivity contribution in [3.05, 3.63) is 21.9 Å². The normalized spacial score (nSPS) is 41.2. The average molecular weight is 262 g/mol. The van der Waals surface area contributed by atoms with Crippen molar-refractivity contribution in [3.8, 4) is 0 Å². The van der Waals surface area contributed by atoms with Gasteiger partial charge in [-0.2, -0.15) is 11.3 Å². The van der Waals surface area contributed by atoms with E-state index in [2.05, 4.69) is 5.38 Å². The van der Waals surface area contributed by atoms with E-state index in [1.165, 1.54) is 32.1 Å². The second-order valence-corrected chi connectivity index (χ2v) is 7.25. The van der Waals surface area contributed by atoms with Crippen LogP contribution in [0.4, 0.5) is 0 Å². The van der Waals surface area contributed by atoms with Crippen LogP contribution >= 0.6 is 11.3 Å². The first-order valence-corrected chi connectivity index (χ1v) is 7.96. The molecule has 4 fully saturated rings. The van der Waals surface area contributed by atoms with Gasteiger partial charge in [-0.1, -0.05) is 0 Å². The molecule has 0 aromatic carbocycles. The molecule has 4 aliphatic rings. The van der Waals surface area contributed by atoms with Crippen LogP contribution < -0.4 is 0 Å². The maximum Gasteiger partial charge on any atom is 0.336 e. The lowest BCUT2D eigenvalue weighted by molar-refractivity contribution is -0.00300. The van der Waals surface area contributed by atoms with Crippen molar-refractivity contribution < 1.29 is 9.90 Å². The first-order valence-electron chi connectivity index (χ1n) is 7.01. The Kier molecular flexibility index (Phi) is 2.35. The zero-order chi connectivity index (χ0) is 12.3. The maximum atomic E-state index is 11.3. The third-order valence-corrected chi connectivity index (χ3v) is 6.27. The zero-order valence-electron chi connectivity index (χ0n) is 10.3. The highest BCUT2D eigenvalue weighted by Crippen LogP contribution is 2.60. The molecule has 1 aromatic heterocycles. The Hall–Kier alpha value is -0.830. The van der Waals surface area contributed by atoms with E-state index in [9.17, 15) is 9.90 Å². The third-order valence-electron chi connectivity index (χ3n) is 5.51. The molecular formula is C15H18O2S. The van der Waals surface area contributed by atoms with Crippen LogP contribution in [0.3, 0.4) is 0 Å². The fourth-order valence-electron chi connectivity index (χ4n) is 5.17. The largest absolute Gasteiger partial charge is 0.478 e. The van der Waals surface area contributed by atoms with Crippen molar-refractivity contribution in [1.29, 1.82) is 0 Å². The average Bonchev–Trinajstić information content (AvgIpc) is 2.76. The van der Waals surface area contributed by atoms with Gasteiger partial charge in [-0.05, 0) is 72.6 Å². The number of hydrogen-bond donors (Lipinski definition) is 1. The van der Waals surface area contributed by atoms with E-state index in [1.807, 2.05) is 5.38 Å². The zero-order valence-corrected chi connectivity index (χ0v) is 11.2. The minimum Gasteiger partial charge on any atom is -0.478 e. The first-order chi connectivity index (χ1) is 8.72. The molecule has 4 saturated carbocycles. The summed E-state index contributed by atoms with van der Waals surface area (Å²) in [7, 11) is 0. The van der Waals surface area contributed by atoms with E-state index >= 15 is 0 Å². The lowest BCUT2D eigenvalue weighted by Gasteiger charge is -2.54. The summed E-state index contributed by atoms with van der Waals surface area (Å²) in [6.07, 6.45) is 6.87. The Balaban J connectivity index is 1.72. The van der Waals surface area contributed by atoms with Gasteiger partial charge in [0, 0.05) is 5.38 Å². The summed E-state index contributed by atoms with van der Waals surface area (Å²) >= 11 is 1.56. The number of aromatic carboxylic acids is 1. The Morgan fingerprint density at radius 3 is 2.22 bits per heavy atom. The minimum absolute atomic E-state index is 0.551. The van der Waals surface area contributed by atoms with Gasteiger partial charge in [0.25, 0.3) is 0 Å². The number of thiophene rings is 1. The number of rotatable bonds is 2. The van der Waals surface area contributed by atoms with E-state index in [0.717, 1.165) is 29.2 Å². The fraction of sp³-hybridized carbons (Fsp3) is 0.667. The van der Waals surface area contributed by atoms with Gasteiger partial charge >= 0.3 is 5.97 Å². The van der Waals surface area contributed by atoms with Crippen LogP contribution in [0.1, 0.15) is 53.9 Å². The molecule has 3 heteroatoms. The summed E-state index contributed by atoms with van der Waals surface area (Å²) in [5, 5.41) is 13.2. The molecule has 4 aliphatic carbocycles. The van der Waals surface area contributed by atoms with Crippen LogP contribution in [0.15, 0.2) is 10.8 Å². The Bertz CT molecular complexity index is 462. The molecule has 5 rings (SSSR count). The molecule has 0 unspecified atom stereocenters. The molecule has 0 atom stereocenters. The number of hydrogen-bond acceptors (Lipinski definition) is 2. The molecule has 0 radical (unpaired) electrons. The van der Waals surface area contributed by atoms with E-state index < -0.39 is 5.97 Å². The van der Waals surface area contributed by atoms with Crippen molar-refractivity contribution in [1.82, 2.24) is 0 Å². The molecule has 0 aliphatic heterocycles. The first kappa shape index (κ1) is 11.0. The smallest absolute Gasteiger partial charge is 0.336 e. The van der Waals surface area contributed by atoms with Gasteiger partial charge in [0.15, 0.2) is 0 Å². The molecule has 0 amide bonds. The number of carboxylic acid groups (broad SMARTS) is 1. The van der Waals surface area contributed by atoms with Crippen LogP contribution in [0.5, 0.6) is 0 Å². The van der Waals surface area contributed by atoms with Crippen LogP contribution in [-0.2, 0) is 0 Å². The molecule has 1 N–H and O–H groups in total. The summed E-state index contributed by atoms with van der Waals surface area (Å²) in [5.74, 6) is 3.27. The van der Waals surface area contributed by atoms with Crippen LogP contribution in [0, 0.1) is 23.7 Å². The highest BCUT2D eigenvalue weighted by atomic mass is 32.1. The monoisotopic (exact) mass is 262 g/mol. The lowest BCUT2D eigenvalue weighted by Crippen LogP contribution is -2.44. The van der Waals surface area contributed by atoms with Crippen molar-refractivity contribution in [2.75, 3.05) is 0 Å². The van der Waals surface area contributed by atoms with Crippen LogP contribution in [0.2, 0.25) is 0 Å². The van der Waals surface area contributed by atoms with Gasteiger partial charge in [-0.3, -0.25) is 0 Å². The van der Waals surface area contributed by atoms with E-state index in [0.29, 0.717) is 11.5 Å². The maximum absolute atomic E-state index is 11.3. The molecule has 2 nitrogen and oxygen atoms in total. The lowest BCUT2D eigenvalue weighted by atomic mass is 9.50. The Morgan fingerprint density at radius 1 is 1.06 bits per heavy atom. The van der Waals surface area contributed by atoms with Crippen molar-refractivity contribution in [2.45, 2.75) is 38.0 Å². The highest BCUT2D eigenvalue weighted by Gasteiger charge is 2.49. The summed E-state index contributed by atoms with van der Waals surface area (Å²) in [6, 6.07) is 0. The molecule has 0 saturated heterocycles. The quantitative estimate of drug-likeness (QED) is 0.875. The second-order valence-electron chi connectivity index (χ2n) is 6.50. The standard InChI is InChI=1S/C15H18O2S/c16-15(17)13-7-18-6-12(13)14-10-2-8-1-9(4-10)5-11(14)3-8/h6-11,14H,1-5H2,(H,16,17). The molecule has 1 aromatic rings. The SMILES string of the molecule is O=C(O)c1cscc1C1C2CC3CC(C2)CC1C3. The van der Waals surface area contributed by atoms with Gasteiger partial charge in [-0.25, -0.2) is 4.79 Å². The van der Waals surface area contributed by atoms with Crippen molar-refractivity contribution in [3.63, 3.8) is 0 Å². The molecule has 1 heterocycles. The molecule has 18 heavy (non-hydrogen) atoms. The van der Waals surface area contributed by atoms with E-state index in [1.54, 1.807) is 11.3 Å². The summed E-state index contributed by atoms with van der Waals surface area (Å²) in [6.45, 7) is 0. The Labute approximate surface area is 111 Å².